The SMILES string of the molecule is Nc1cn(Cc2ccc(F)cc2Cl)c2ccc(Cl)cc12. The maximum atomic E-state index is 13.1. The summed E-state index contributed by atoms with van der Waals surface area (Å²) in [6, 6.07) is 9.93. The normalized spacial score (nSPS) is 11.2. The van der Waals surface area contributed by atoms with E-state index in [2.05, 4.69) is 0 Å². The van der Waals surface area contributed by atoms with Crippen LogP contribution >= 0.6 is 23.2 Å². The molecular formula is C15H11Cl2FN2. The molecule has 20 heavy (non-hydrogen) atoms. The Morgan fingerprint density at radius 3 is 2.65 bits per heavy atom. The Bertz CT molecular complexity index is 796. The van der Waals surface area contributed by atoms with E-state index in [9.17, 15) is 4.39 Å². The quantitative estimate of drug-likeness (QED) is 0.729. The molecule has 102 valence electrons. The van der Waals surface area contributed by atoms with Crippen LogP contribution in [-0.2, 0) is 6.54 Å². The third-order valence-corrected chi connectivity index (χ3v) is 3.82. The van der Waals surface area contributed by atoms with Gasteiger partial charge in [0.2, 0.25) is 0 Å². The Morgan fingerprint density at radius 1 is 1.10 bits per heavy atom. The van der Waals surface area contributed by atoms with Crippen molar-refractivity contribution in [2.75, 3.05) is 5.73 Å². The smallest absolute Gasteiger partial charge is 0.124 e. The molecule has 0 aliphatic carbocycles. The first-order chi connectivity index (χ1) is 9.54. The number of benzene rings is 2. The first kappa shape index (κ1) is 13.3. The molecule has 2 N–H and O–H groups in total. The van der Waals surface area contributed by atoms with Crippen molar-refractivity contribution in [3.05, 3.63) is 64.0 Å². The second kappa shape index (κ2) is 5.00. The molecule has 0 bridgehead atoms. The van der Waals surface area contributed by atoms with E-state index in [0.29, 0.717) is 22.3 Å². The molecule has 0 aliphatic heterocycles. The fourth-order valence-corrected chi connectivity index (χ4v) is 2.66. The number of aromatic nitrogens is 1. The zero-order chi connectivity index (χ0) is 14.3. The summed E-state index contributed by atoms with van der Waals surface area (Å²) < 4.78 is 15.0. The molecule has 0 fully saturated rings. The van der Waals surface area contributed by atoms with Gasteiger partial charge in [-0.3, -0.25) is 0 Å². The van der Waals surface area contributed by atoms with E-state index in [-0.39, 0.29) is 5.82 Å². The van der Waals surface area contributed by atoms with Gasteiger partial charge in [0.05, 0.1) is 11.2 Å². The summed E-state index contributed by atoms with van der Waals surface area (Å²) in [6.07, 6.45) is 1.83. The average Bonchev–Trinajstić information content (AvgIpc) is 2.69. The molecular weight excluding hydrogens is 298 g/mol. The largest absolute Gasteiger partial charge is 0.397 e. The molecule has 0 radical (unpaired) electrons. The number of nitrogens with two attached hydrogens (primary N) is 1. The van der Waals surface area contributed by atoms with Crippen molar-refractivity contribution in [3.8, 4) is 0 Å². The van der Waals surface area contributed by atoms with Gasteiger partial charge in [-0.2, -0.15) is 0 Å². The van der Waals surface area contributed by atoms with Crippen molar-refractivity contribution in [1.29, 1.82) is 0 Å². The number of nitrogen functional groups attached to an aromatic ring is 1. The lowest BCUT2D eigenvalue weighted by molar-refractivity contribution is 0.626. The van der Waals surface area contributed by atoms with Crippen molar-refractivity contribution in [2.45, 2.75) is 6.54 Å². The van der Waals surface area contributed by atoms with E-state index >= 15 is 0 Å². The molecule has 0 spiro atoms. The lowest BCUT2D eigenvalue weighted by Gasteiger charge is -2.07. The van der Waals surface area contributed by atoms with Gasteiger partial charge in [-0.1, -0.05) is 29.3 Å². The van der Waals surface area contributed by atoms with Gasteiger partial charge >= 0.3 is 0 Å². The van der Waals surface area contributed by atoms with Crippen molar-refractivity contribution in [2.24, 2.45) is 0 Å². The summed E-state index contributed by atoms with van der Waals surface area (Å²) >= 11 is 12.0. The van der Waals surface area contributed by atoms with E-state index in [1.807, 2.05) is 29.0 Å². The molecule has 0 saturated heterocycles. The van der Waals surface area contributed by atoms with Crippen LogP contribution in [0.15, 0.2) is 42.6 Å². The molecule has 5 heteroatoms. The lowest BCUT2D eigenvalue weighted by Crippen LogP contribution is -1.99. The van der Waals surface area contributed by atoms with Crippen LogP contribution in [0.4, 0.5) is 10.1 Å². The standard InChI is InChI=1S/C15H11Cl2FN2/c16-10-2-4-15-12(5-10)14(19)8-20(15)7-9-1-3-11(18)6-13(9)17/h1-6,8H,7,19H2. The number of rotatable bonds is 2. The highest BCUT2D eigenvalue weighted by atomic mass is 35.5. The molecule has 2 aromatic carbocycles. The van der Waals surface area contributed by atoms with Crippen molar-refractivity contribution >= 4 is 39.8 Å². The number of anilines is 1. The summed E-state index contributed by atoms with van der Waals surface area (Å²) in [7, 11) is 0. The molecule has 3 aromatic rings. The first-order valence-corrected chi connectivity index (χ1v) is 6.78. The highest BCUT2D eigenvalue weighted by Gasteiger charge is 2.09. The predicted molar refractivity (Wildman–Crippen MR) is 81.9 cm³/mol. The number of halogens is 3. The third kappa shape index (κ3) is 2.35. The van der Waals surface area contributed by atoms with Crippen LogP contribution in [0, 0.1) is 5.82 Å². The van der Waals surface area contributed by atoms with Crippen molar-refractivity contribution < 1.29 is 4.39 Å². The molecule has 0 atom stereocenters. The fourth-order valence-electron chi connectivity index (χ4n) is 2.26. The van der Waals surface area contributed by atoms with Gasteiger partial charge in [-0.15, -0.1) is 0 Å². The highest BCUT2D eigenvalue weighted by molar-refractivity contribution is 6.31. The minimum Gasteiger partial charge on any atom is -0.397 e. The first-order valence-electron chi connectivity index (χ1n) is 6.02. The fraction of sp³-hybridized carbons (Fsp3) is 0.0667. The van der Waals surface area contributed by atoms with E-state index in [0.717, 1.165) is 16.5 Å². The van der Waals surface area contributed by atoms with Crippen LogP contribution in [0.2, 0.25) is 10.0 Å². The summed E-state index contributed by atoms with van der Waals surface area (Å²) in [5, 5.41) is 1.94. The van der Waals surface area contributed by atoms with Gasteiger partial charge in [-0.25, -0.2) is 4.39 Å². The van der Waals surface area contributed by atoms with Gasteiger partial charge < -0.3 is 10.3 Å². The molecule has 3 rings (SSSR count). The molecule has 0 aliphatic rings. The minimum atomic E-state index is -0.345. The minimum absolute atomic E-state index is 0.345. The highest BCUT2D eigenvalue weighted by Crippen LogP contribution is 2.28. The van der Waals surface area contributed by atoms with E-state index in [1.54, 1.807) is 6.07 Å². The van der Waals surface area contributed by atoms with Gasteiger partial charge in [-0.05, 0) is 35.9 Å². The molecule has 1 heterocycles. The zero-order valence-corrected chi connectivity index (χ0v) is 11.9. The second-order valence-electron chi connectivity index (χ2n) is 4.61. The number of hydrogen-bond donors (Lipinski definition) is 1. The Kier molecular flexibility index (Phi) is 3.32. The Hall–Kier alpha value is -1.71. The van der Waals surface area contributed by atoms with Gasteiger partial charge in [0.25, 0.3) is 0 Å². The van der Waals surface area contributed by atoms with Crippen LogP contribution in [-0.4, -0.2) is 4.57 Å². The van der Waals surface area contributed by atoms with Crippen LogP contribution in [0.5, 0.6) is 0 Å². The van der Waals surface area contributed by atoms with E-state index < -0.39 is 0 Å². The molecule has 1 aromatic heterocycles. The number of fused-ring (bicyclic) bond motifs is 1. The monoisotopic (exact) mass is 308 g/mol. The van der Waals surface area contributed by atoms with Gasteiger partial charge in [0.15, 0.2) is 0 Å². The van der Waals surface area contributed by atoms with Crippen LogP contribution in [0.1, 0.15) is 5.56 Å². The maximum Gasteiger partial charge on any atom is 0.124 e. The molecule has 0 unspecified atom stereocenters. The van der Waals surface area contributed by atoms with Crippen molar-refractivity contribution in [3.63, 3.8) is 0 Å². The Labute approximate surface area is 125 Å². The Morgan fingerprint density at radius 2 is 1.90 bits per heavy atom. The van der Waals surface area contributed by atoms with Gasteiger partial charge in [0.1, 0.15) is 5.82 Å². The topological polar surface area (TPSA) is 30.9 Å². The predicted octanol–water partition coefficient (Wildman–Crippen LogP) is 4.72. The van der Waals surface area contributed by atoms with Gasteiger partial charge in [0, 0.05) is 28.2 Å². The summed E-state index contributed by atoms with van der Waals surface area (Å²) in [6.45, 7) is 0.522. The molecule has 0 saturated carbocycles. The summed E-state index contributed by atoms with van der Waals surface area (Å²) in [4.78, 5) is 0. The summed E-state index contributed by atoms with van der Waals surface area (Å²) in [5.41, 5.74) is 8.44. The molecule has 0 amide bonds. The van der Waals surface area contributed by atoms with Crippen LogP contribution < -0.4 is 5.73 Å². The average molecular weight is 309 g/mol. The number of hydrogen-bond acceptors (Lipinski definition) is 1. The maximum absolute atomic E-state index is 13.1. The Balaban J connectivity index is 2.07. The summed E-state index contributed by atoms with van der Waals surface area (Å²) in [5.74, 6) is -0.345. The van der Waals surface area contributed by atoms with Crippen LogP contribution in [0.3, 0.4) is 0 Å². The van der Waals surface area contributed by atoms with E-state index in [4.69, 9.17) is 28.9 Å². The van der Waals surface area contributed by atoms with Crippen LogP contribution in [0.25, 0.3) is 10.9 Å². The zero-order valence-electron chi connectivity index (χ0n) is 10.4. The third-order valence-electron chi connectivity index (χ3n) is 3.23. The van der Waals surface area contributed by atoms with Crippen molar-refractivity contribution in [1.82, 2.24) is 4.57 Å². The van der Waals surface area contributed by atoms with E-state index in [1.165, 1.54) is 12.1 Å². The second-order valence-corrected chi connectivity index (χ2v) is 5.45. The lowest BCUT2D eigenvalue weighted by atomic mass is 10.2. The number of nitrogens with zero attached hydrogens (tertiary/aromatic N) is 1. The molecule has 2 nitrogen and oxygen atoms in total.